The van der Waals surface area contributed by atoms with Crippen LogP contribution in [0.5, 0.6) is 0 Å². The minimum absolute atomic E-state index is 0.195. The summed E-state index contributed by atoms with van der Waals surface area (Å²) in [6.07, 6.45) is 0.0679. The molecule has 3 aliphatic rings. The van der Waals surface area contributed by atoms with Gasteiger partial charge in [-0.3, -0.25) is 0 Å². The molecular formula is C17H30O6. The summed E-state index contributed by atoms with van der Waals surface area (Å²) in [7, 11) is 0. The first kappa shape index (κ1) is 17.6. The molecule has 0 N–H and O–H groups in total. The highest BCUT2D eigenvalue weighted by atomic mass is 16.8. The van der Waals surface area contributed by atoms with Gasteiger partial charge in [-0.1, -0.05) is 6.92 Å². The van der Waals surface area contributed by atoms with E-state index in [1.807, 2.05) is 41.5 Å². The van der Waals surface area contributed by atoms with Crippen molar-refractivity contribution < 1.29 is 28.4 Å². The van der Waals surface area contributed by atoms with Crippen LogP contribution in [0.4, 0.5) is 0 Å². The third kappa shape index (κ3) is 3.17. The van der Waals surface area contributed by atoms with Gasteiger partial charge in [-0.2, -0.15) is 0 Å². The highest BCUT2D eigenvalue weighted by molar-refractivity contribution is 5.07. The largest absolute Gasteiger partial charge is 0.348 e. The fourth-order valence-electron chi connectivity index (χ4n) is 3.88. The molecule has 6 nitrogen and oxygen atoms in total. The van der Waals surface area contributed by atoms with Crippen molar-refractivity contribution in [3.05, 3.63) is 0 Å². The van der Waals surface area contributed by atoms with Crippen LogP contribution in [0.25, 0.3) is 0 Å². The van der Waals surface area contributed by atoms with Gasteiger partial charge in [-0.05, 0) is 48.0 Å². The number of rotatable bonds is 3. The molecule has 0 spiro atoms. The Hall–Kier alpha value is -0.240. The third-order valence-electron chi connectivity index (χ3n) is 4.80. The first-order valence-electron chi connectivity index (χ1n) is 8.50. The van der Waals surface area contributed by atoms with E-state index in [4.69, 9.17) is 28.4 Å². The van der Waals surface area contributed by atoms with Crippen LogP contribution in [-0.4, -0.2) is 54.5 Å². The first-order valence-corrected chi connectivity index (χ1v) is 8.50. The monoisotopic (exact) mass is 330 g/mol. The van der Waals surface area contributed by atoms with E-state index in [2.05, 4.69) is 6.92 Å². The minimum Gasteiger partial charge on any atom is -0.348 e. The molecule has 134 valence electrons. The van der Waals surface area contributed by atoms with E-state index in [1.54, 1.807) is 0 Å². The number of hydrogen-bond acceptors (Lipinski definition) is 6. The van der Waals surface area contributed by atoms with E-state index in [-0.39, 0.29) is 18.3 Å². The highest BCUT2D eigenvalue weighted by Gasteiger charge is 2.63. The zero-order valence-corrected chi connectivity index (χ0v) is 15.3. The van der Waals surface area contributed by atoms with Gasteiger partial charge >= 0.3 is 0 Å². The van der Waals surface area contributed by atoms with Crippen molar-refractivity contribution in [2.24, 2.45) is 0 Å². The first-order chi connectivity index (χ1) is 10.5. The maximum Gasteiger partial charge on any atom is 0.164 e. The van der Waals surface area contributed by atoms with Gasteiger partial charge in [0.05, 0.1) is 13.2 Å². The van der Waals surface area contributed by atoms with Gasteiger partial charge in [0.25, 0.3) is 0 Å². The summed E-state index contributed by atoms with van der Waals surface area (Å²) in [4.78, 5) is 0. The standard InChI is InChI=1S/C17H30O6/c1-8-17(12-10-19-15(4,5)21-12)13(22-16(6,7)23-17)11-9-18-14(2,3)20-11/h11-13H,8-10H2,1-7H3/t11-,12-,13-,17-/m1/s1. The van der Waals surface area contributed by atoms with Crippen LogP contribution in [-0.2, 0) is 28.4 Å². The topological polar surface area (TPSA) is 55.4 Å². The lowest BCUT2D eigenvalue weighted by atomic mass is 9.85. The average Bonchev–Trinajstić information content (AvgIpc) is 3.03. The van der Waals surface area contributed by atoms with Crippen LogP contribution in [0.15, 0.2) is 0 Å². The Morgan fingerprint density at radius 3 is 1.87 bits per heavy atom. The molecule has 0 aromatic rings. The molecule has 3 rings (SSSR count). The smallest absolute Gasteiger partial charge is 0.164 e. The summed E-state index contributed by atoms with van der Waals surface area (Å²) in [5.41, 5.74) is -0.619. The van der Waals surface area contributed by atoms with E-state index < -0.39 is 23.0 Å². The van der Waals surface area contributed by atoms with Crippen LogP contribution in [0, 0.1) is 0 Å². The third-order valence-corrected chi connectivity index (χ3v) is 4.80. The summed E-state index contributed by atoms with van der Waals surface area (Å²) in [6.45, 7) is 14.6. The molecule has 0 saturated carbocycles. The summed E-state index contributed by atoms with van der Waals surface area (Å²) >= 11 is 0. The van der Waals surface area contributed by atoms with Gasteiger partial charge in [-0.25, -0.2) is 0 Å². The second-order valence-electron chi connectivity index (χ2n) is 8.03. The van der Waals surface area contributed by atoms with E-state index in [1.165, 1.54) is 0 Å². The molecular weight excluding hydrogens is 300 g/mol. The van der Waals surface area contributed by atoms with Crippen molar-refractivity contribution in [1.29, 1.82) is 0 Å². The Balaban J connectivity index is 1.89. The van der Waals surface area contributed by atoms with E-state index in [9.17, 15) is 0 Å². The summed E-state index contributed by atoms with van der Waals surface area (Å²) in [5, 5.41) is 0. The average molecular weight is 330 g/mol. The van der Waals surface area contributed by atoms with Gasteiger partial charge in [0.1, 0.15) is 23.9 Å². The van der Waals surface area contributed by atoms with Gasteiger partial charge in [0, 0.05) is 0 Å². The van der Waals surface area contributed by atoms with Gasteiger partial charge in [-0.15, -0.1) is 0 Å². The maximum absolute atomic E-state index is 6.39. The normalized spacial score (nSPS) is 44.7. The number of ether oxygens (including phenoxy) is 6. The van der Waals surface area contributed by atoms with Crippen LogP contribution < -0.4 is 0 Å². The molecule has 23 heavy (non-hydrogen) atoms. The molecule has 0 radical (unpaired) electrons. The summed E-state index contributed by atoms with van der Waals surface area (Å²) in [6, 6.07) is 0. The van der Waals surface area contributed by atoms with Crippen molar-refractivity contribution in [2.75, 3.05) is 13.2 Å². The Morgan fingerprint density at radius 1 is 0.783 bits per heavy atom. The van der Waals surface area contributed by atoms with Crippen LogP contribution >= 0.6 is 0 Å². The van der Waals surface area contributed by atoms with E-state index in [0.717, 1.165) is 6.42 Å². The molecule has 0 amide bonds. The second-order valence-corrected chi connectivity index (χ2v) is 8.03. The van der Waals surface area contributed by atoms with E-state index in [0.29, 0.717) is 13.2 Å². The van der Waals surface area contributed by atoms with E-state index >= 15 is 0 Å². The molecule has 3 aliphatic heterocycles. The zero-order valence-electron chi connectivity index (χ0n) is 15.3. The predicted molar refractivity (Wildman–Crippen MR) is 82.9 cm³/mol. The Kier molecular flexibility index (Phi) is 4.11. The Bertz CT molecular complexity index is 460. The number of hydrogen-bond donors (Lipinski definition) is 0. The second kappa shape index (κ2) is 5.38. The lowest BCUT2D eigenvalue weighted by molar-refractivity contribution is -0.206. The SMILES string of the molecule is CC[C@]1([C@H]2COC(C)(C)O2)OC(C)(C)O[C@@H]1[C@H]1COC(C)(C)O1. The van der Waals surface area contributed by atoms with Gasteiger partial charge < -0.3 is 28.4 Å². The lowest BCUT2D eigenvalue weighted by Gasteiger charge is -2.38. The Labute approximate surface area is 138 Å². The molecule has 3 heterocycles. The van der Waals surface area contributed by atoms with Crippen molar-refractivity contribution in [3.63, 3.8) is 0 Å². The molecule has 4 atom stereocenters. The van der Waals surface area contributed by atoms with Crippen molar-refractivity contribution >= 4 is 0 Å². The molecule has 0 aromatic carbocycles. The van der Waals surface area contributed by atoms with Gasteiger partial charge in [0.2, 0.25) is 0 Å². The summed E-state index contributed by atoms with van der Waals surface area (Å²) < 4.78 is 36.4. The highest BCUT2D eigenvalue weighted by Crippen LogP contribution is 2.48. The van der Waals surface area contributed by atoms with Crippen molar-refractivity contribution in [1.82, 2.24) is 0 Å². The minimum atomic E-state index is -0.702. The van der Waals surface area contributed by atoms with Crippen molar-refractivity contribution in [3.8, 4) is 0 Å². The molecule has 0 bridgehead atoms. The zero-order chi connectivity index (χ0) is 17.1. The molecule has 6 heteroatoms. The Morgan fingerprint density at radius 2 is 1.39 bits per heavy atom. The fourth-order valence-corrected chi connectivity index (χ4v) is 3.88. The molecule has 0 unspecified atom stereocenters. The molecule has 3 saturated heterocycles. The molecule has 0 aromatic heterocycles. The molecule has 3 fully saturated rings. The van der Waals surface area contributed by atoms with Crippen LogP contribution in [0.3, 0.4) is 0 Å². The lowest BCUT2D eigenvalue weighted by Crippen LogP contribution is -2.56. The van der Waals surface area contributed by atoms with Crippen LogP contribution in [0.1, 0.15) is 54.9 Å². The van der Waals surface area contributed by atoms with Crippen LogP contribution in [0.2, 0.25) is 0 Å². The maximum atomic E-state index is 6.39. The predicted octanol–water partition coefficient (Wildman–Crippen LogP) is 2.59. The quantitative estimate of drug-likeness (QED) is 0.793. The van der Waals surface area contributed by atoms with Gasteiger partial charge in [0.15, 0.2) is 17.4 Å². The van der Waals surface area contributed by atoms with Crippen molar-refractivity contribution in [2.45, 2.75) is 96.2 Å². The molecule has 0 aliphatic carbocycles. The summed E-state index contributed by atoms with van der Waals surface area (Å²) in [5.74, 6) is -1.92. The fraction of sp³-hybridized carbons (Fsp3) is 1.00.